The van der Waals surface area contributed by atoms with E-state index in [0.29, 0.717) is 10.9 Å². The van der Waals surface area contributed by atoms with Gasteiger partial charge in [0.25, 0.3) is 0 Å². The third kappa shape index (κ3) is 4.93. The number of furan rings is 1. The van der Waals surface area contributed by atoms with Crippen LogP contribution in [0.15, 0.2) is 45.9 Å². The normalized spacial score (nSPS) is 15.3. The van der Waals surface area contributed by atoms with E-state index in [1.54, 1.807) is 17.6 Å². The van der Waals surface area contributed by atoms with Gasteiger partial charge in [0, 0.05) is 26.2 Å². The second kappa shape index (κ2) is 9.24. The number of aromatic nitrogens is 1. The highest BCUT2D eigenvalue weighted by molar-refractivity contribution is 7.80. The molecule has 3 aromatic rings. The number of morpholine rings is 1. The number of rotatable bonds is 6. The fourth-order valence-corrected chi connectivity index (χ4v) is 3.94. The Morgan fingerprint density at radius 2 is 2.11 bits per heavy atom. The number of para-hydroxylation sites is 1. The fraction of sp³-hybridized carbons (Fsp3) is 0.316. The van der Waals surface area contributed by atoms with Crippen LogP contribution in [0.2, 0.25) is 0 Å². The Hall–Kier alpha value is -2.33. The highest BCUT2D eigenvalue weighted by Gasteiger charge is 2.10. The lowest BCUT2D eigenvalue weighted by atomic mass is 10.3. The Morgan fingerprint density at radius 1 is 1.25 bits per heavy atom. The lowest BCUT2D eigenvalue weighted by Crippen LogP contribution is -2.42. The van der Waals surface area contributed by atoms with E-state index in [2.05, 4.69) is 31.8 Å². The summed E-state index contributed by atoms with van der Waals surface area (Å²) >= 11 is 6.84. The Morgan fingerprint density at radius 3 is 2.96 bits per heavy atom. The first-order chi connectivity index (χ1) is 13.8. The molecule has 1 aliphatic heterocycles. The number of hydrogen-bond acceptors (Lipinski definition) is 7. The van der Waals surface area contributed by atoms with E-state index >= 15 is 0 Å². The molecule has 2 N–H and O–H groups in total. The van der Waals surface area contributed by atoms with Gasteiger partial charge >= 0.3 is 0 Å². The molecule has 9 heteroatoms. The molecule has 2 aromatic heterocycles. The zero-order valence-electron chi connectivity index (χ0n) is 15.3. The van der Waals surface area contributed by atoms with E-state index in [1.807, 2.05) is 30.3 Å². The van der Waals surface area contributed by atoms with Gasteiger partial charge < -0.3 is 14.5 Å². The van der Waals surface area contributed by atoms with Crippen LogP contribution in [-0.4, -0.2) is 60.6 Å². The maximum Gasteiger partial charge on any atom is 0.187 e. The van der Waals surface area contributed by atoms with Gasteiger partial charge in [0.2, 0.25) is 0 Å². The molecule has 7 nitrogen and oxygen atoms in total. The summed E-state index contributed by atoms with van der Waals surface area (Å²) in [4.78, 5) is 6.94. The van der Waals surface area contributed by atoms with Crippen molar-refractivity contribution in [3.8, 4) is 10.8 Å². The lowest BCUT2D eigenvalue weighted by molar-refractivity contribution is 0.0389. The molecule has 0 unspecified atom stereocenters. The van der Waals surface area contributed by atoms with Crippen molar-refractivity contribution in [1.29, 1.82) is 0 Å². The first-order valence-corrected chi connectivity index (χ1v) is 10.3. The zero-order chi connectivity index (χ0) is 19.2. The molecular formula is C19H21N5O2S2. The molecule has 0 aliphatic carbocycles. The Bertz CT molecular complexity index is 929. The van der Waals surface area contributed by atoms with Crippen LogP contribution in [0.5, 0.6) is 0 Å². The summed E-state index contributed by atoms with van der Waals surface area (Å²) in [6.07, 6.45) is 1.60. The molecule has 0 saturated carbocycles. The van der Waals surface area contributed by atoms with E-state index in [4.69, 9.17) is 21.4 Å². The predicted molar refractivity (Wildman–Crippen MR) is 116 cm³/mol. The Labute approximate surface area is 172 Å². The van der Waals surface area contributed by atoms with Crippen LogP contribution in [0, 0.1) is 0 Å². The van der Waals surface area contributed by atoms with Crippen molar-refractivity contribution in [2.45, 2.75) is 0 Å². The molecule has 0 radical (unpaired) electrons. The maximum absolute atomic E-state index is 5.82. The van der Waals surface area contributed by atoms with Crippen LogP contribution < -0.4 is 10.7 Å². The molecule has 1 aliphatic rings. The first kappa shape index (κ1) is 19.0. The number of fused-ring (bicyclic) bond motifs is 1. The van der Waals surface area contributed by atoms with Crippen molar-refractivity contribution in [1.82, 2.24) is 20.6 Å². The SMILES string of the molecule is S=C(NCCN1CCOCC1)N/N=C\c1ccc(-c2nc3ccccc3s2)o1. The molecule has 28 heavy (non-hydrogen) atoms. The summed E-state index contributed by atoms with van der Waals surface area (Å²) in [6, 6.07) is 11.8. The molecular weight excluding hydrogens is 394 g/mol. The molecule has 0 atom stereocenters. The van der Waals surface area contributed by atoms with Gasteiger partial charge in [0.1, 0.15) is 5.76 Å². The standard InChI is InChI=1S/C19H21N5O2S2/c27-19(20-7-8-24-9-11-25-12-10-24)23-21-13-14-5-6-16(26-14)18-22-15-3-1-2-4-17(15)28-18/h1-6,13H,7-12H2,(H2,20,23,27)/b21-13-. The zero-order valence-corrected chi connectivity index (χ0v) is 16.9. The molecule has 1 fully saturated rings. The monoisotopic (exact) mass is 415 g/mol. The number of hydrogen-bond donors (Lipinski definition) is 2. The molecule has 146 valence electrons. The van der Waals surface area contributed by atoms with Gasteiger partial charge in [-0.15, -0.1) is 11.3 Å². The van der Waals surface area contributed by atoms with Gasteiger partial charge in [-0.25, -0.2) is 4.98 Å². The van der Waals surface area contributed by atoms with Gasteiger partial charge in [0.15, 0.2) is 15.9 Å². The summed E-state index contributed by atoms with van der Waals surface area (Å²) in [7, 11) is 0. The minimum Gasteiger partial charge on any atom is -0.453 e. The van der Waals surface area contributed by atoms with Crippen LogP contribution in [-0.2, 0) is 4.74 Å². The molecule has 1 saturated heterocycles. The van der Waals surface area contributed by atoms with E-state index in [0.717, 1.165) is 60.4 Å². The third-order valence-electron chi connectivity index (χ3n) is 4.31. The first-order valence-electron chi connectivity index (χ1n) is 9.11. The van der Waals surface area contributed by atoms with Gasteiger partial charge in [-0.1, -0.05) is 12.1 Å². The van der Waals surface area contributed by atoms with Gasteiger partial charge in [-0.3, -0.25) is 10.3 Å². The average Bonchev–Trinajstić information content (AvgIpc) is 3.35. The number of thiocarbonyl (C=S) groups is 1. The van der Waals surface area contributed by atoms with Crippen LogP contribution in [0.1, 0.15) is 5.76 Å². The molecule has 3 heterocycles. The minimum atomic E-state index is 0.488. The fourth-order valence-electron chi connectivity index (χ4n) is 2.86. The number of hydrazone groups is 1. The summed E-state index contributed by atoms with van der Waals surface area (Å²) in [5.41, 5.74) is 3.79. The highest BCUT2D eigenvalue weighted by Crippen LogP contribution is 2.30. The summed E-state index contributed by atoms with van der Waals surface area (Å²) in [6.45, 7) is 5.23. The summed E-state index contributed by atoms with van der Waals surface area (Å²) < 4.78 is 12.3. The van der Waals surface area contributed by atoms with Crippen molar-refractivity contribution < 1.29 is 9.15 Å². The lowest BCUT2D eigenvalue weighted by Gasteiger charge is -2.26. The smallest absolute Gasteiger partial charge is 0.187 e. The number of benzene rings is 1. The van der Waals surface area contributed by atoms with Crippen molar-refractivity contribution in [2.24, 2.45) is 5.10 Å². The van der Waals surface area contributed by atoms with E-state index in [1.165, 1.54) is 0 Å². The molecule has 1 aromatic carbocycles. The van der Waals surface area contributed by atoms with Crippen LogP contribution >= 0.6 is 23.6 Å². The second-order valence-corrected chi connectivity index (χ2v) is 7.71. The van der Waals surface area contributed by atoms with Crippen LogP contribution in [0.4, 0.5) is 0 Å². The highest BCUT2D eigenvalue weighted by atomic mass is 32.1. The topological polar surface area (TPSA) is 74.9 Å². The van der Waals surface area contributed by atoms with Crippen molar-refractivity contribution >= 4 is 45.1 Å². The number of thiazole rings is 1. The number of ether oxygens (including phenoxy) is 1. The third-order valence-corrected chi connectivity index (χ3v) is 5.59. The van der Waals surface area contributed by atoms with Crippen molar-refractivity contribution in [3.63, 3.8) is 0 Å². The van der Waals surface area contributed by atoms with E-state index in [9.17, 15) is 0 Å². The second-order valence-electron chi connectivity index (χ2n) is 6.27. The summed E-state index contributed by atoms with van der Waals surface area (Å²) in [5.74, 6) is 1.37. The maximum atomic E-state index is 5.82. The quantitative estimate of drug-likeness (QED) is 0.364. The number of nitrogens with zero attached hydrogens (tertiary/aromatic N) is 3. The van der Waals surface area contributed by atoms with Crippen molar-refractivity contribution in [2.75, 3.05) is 39.4 Å². The molecule has 0 amide bonds. The Kier molecular flexibility index (Phi) is 6.27. The summed E-state index contributed by atoms with van der Waals surface area (Å²) in [5, 5.41) is 8.63. The van der Waals surface area contributed by atoms with Crippen molar-refractivity contribution in [3.05, 3.63) is 42.2 Å². The molecule has 4 rings (SSSR count). The Balaban J connectivity index is 1.25. The van der Waals surface area contributed by atoms with E-state index < -0.39 is 0 Å². The van der Waals surface area contributed by atoms with Gasteiger partial charge in [-0.2, -0.15) is 5.10 Å². The largest absolute Gasteiger partial charge is 0.453 e. The van der Waals surface area contributed by atoms with Gasteiger partial charge in [0.05, 0.1) is 29.6 Å². The molecule has 0 spiro atoms. The minimum absolute atomic E-state index is 0.488. The van der Waals surface area contributed by atoms with Gasteiger partial charge in [-0.05, 0) is 36.5 Å². The van der Waals surface area contributed by atoms with Crippen LogP contribution in [0.25, 0.3) is 21.0 Å². The predicted octanol–water partition coefficient (Wildman–Crippen LogP) is 2.69. The van der Waals surface area contributed by atoms with E-state index in [-0.39, 0.29) is 0 Å². The molecule has 0 bridgehead atoms. The van der Waals surface area contributed by atoms with Crippen LogP contribution in [0.3, 0.4) is 0 Å². The number of nitrogens with one attached hydrogen (secondary N) is 2. The average molecular weight is 416 g/mol.